The van der Waals surface area contributed by atoms with Crippen molar-refractivity contribution in [1.82, 2.24) is 15.0 Å². The summed E-state index contributed by atoms with van der Waals surface area (Å²) in [7, 11) is 1.95. The zero-order valence-corrected chi connectivity index (χ0v) is 13.5. The third-order valence-corrected chi connectivity index (χ3v) is 1.85. The van der Waals surface area contributed by atoms with Gasteiger partial charge in [0.25, 0.3) is 0 Å². The van der Waals surface area contributed by atoms with Crippen LogP contribution in [0.3, 0.4) is 0 Å². The maximum Gasteiger partial charge on any atom is 0.0858 e. The second-order valence-electron chi connectivity index (χ2n) is 2.71. The van der Waals surface area contributed by atoms with E-state index in [0.29, 0.717) is 0 Å². The van der Waals surface area contributed by atoms with Crippen LogP contribution in [0.4, 0.5) is 0 Å². The zero-order valence-electron chi connectivity index (χ0n) is 13.5. The Morgan fingerprint density at radius 3 is 1.76 bits per heavy atom. The lowest BCUT2D eigenvalue weighted by molar-refractivity contribution is 0.682. The van der Waals surface area contributed by atoms with E-state index in [9.17, 15) is 0 Å². The van der Waals surface area contributed by atoms with Crippen molar-refractivity contribution >= 4 is 0 Å². The molecule has 0 amide bonds. The fourth-order valence-corrected chi connectivity index (χ4v) is 1.28. The van der Waals surface area contributed by atoms with Gasteiger partial charge < -0.3 is 0 Å². The first-order valence-electron chi connectivity index (χ1n) is 7.17. The molecule has 0 unspecified atom stereocenters. The Kier molecular flexibility index (Phi) is 22.1. The Morgan fingerprint density at radius 2 is 1.41 bits per heavy atom. The molecular weight excluding hydrogens is 210 g/mol. The Balaban J connectivity index is -0.000000285. The lowest BCUT2D eigenvalue weighted by Crippen LogP contribution is -1.98. The van der Waals surface area contributed by atoms with Crippen molar-refractivity contribution in [1.29, 1.82) is 0 Å². The Morgan fingerprint density at radius 1 is 0.941 bits per heavy atom. The van der Waals surface area contributed by atoms with Crippen LogP contribution in [0.1, 0.15) is 73.2 Å². The van der Waals surface area contributed by atoms with Crippen LogP contribution in [0.2, 0.25) is 0 Å². The summed E-state index contributed by atoms with van der Waals surface area (Å²) in [5.74, 6) is 0. The molecule has 0 bridgehead atoms. The van der Waals surface area contributed by atoms with E-state index >= 15 is 0 Å². The number of hydrogen-bond donors (Lipinski definition) is 0. The molecule has 104 valence electrons. The molecule has 0 aliphatic carbocycles. The van der Waals surface area contributed by atoms with Crippen LogP contribution in [0.25, 0.3) is 0 Å². The van der Waals surface area contributed by atoms with Crippen molar-refractivity contribution in [3.05, 3.63) is 11.4 Å². The summed E-state index contributed by atoms with van der Waals surface area (Å²) in [5.41, 5.74) is 2.43. The van der Waals surface area contributed by atoms with Crippen LogP contribution in [0.15, 0.2) is 0 Å². The van der Waals surface area contributed by atoms with Gasteiger partial charge in [0.2, 0.25) is 0 Å². The van der Waals surface area contributed by atoms with Gasteiger partial charge >= 0.3 is 0 Å². The third-order valence-electron chi connectivity index (χ3n) is 1.85. The molecule has 0 aromatic carbocycles. The molecule has 0 aliphatic heterocycles. The Bertz CT molecular complexity index is 229. The molecule has 1 heterocycles. The molecular formula is C14H33N3. The zero-order chi connectivity index (χ0) is 14.3. The lowest BCUT2D eigenvalue weighted by Gasteiger charge is -1.97. The van der Waals surface area contributed by atoms with Crippen molar-refractivity contribution in [2.75, 3.05) is 0 Å². The van der Waals surface area contributed by atoms with E-state index in [1.807, 2.05) is 53.3 Å². The predicted octanol–water partition coefficient (Wildman–Crippen LogP) is 4.41. The number of aromatic nitrogens is 3. The van der Waals surface area contributed by atoms with Crippen molar-refractivity contribution in [2.24, 2.45) is 7.05 Å². The number of rotatable bonds is 3. The topological polar surface area (TPSA) is 30.7 Å². The molecule has 0 radical (unpaired) electrons. The largest absolute Gasteiger partial charge is 0.252 e. The van der Waals surface area contributed by atoms with Crippen LogP contribution < -0.4 is 0 Å². The SMILES string of the molecule is CC.CC.CC.CCCc1nnn(C)c1CC. The highest BCUT2D eigenvalue weighted by Crippen LogP contribution is 2.06. The quantitative estimate of drug-likeness (QED) is 0.787. The molecule has 3 heteroatoms. The van der Waals surface area contributed by atoms with Crippen molar-refractivity contribution in [3.8, 4) is 0 Å². The van der Waals surface area contributed by atoms with Gasteiger partial charge in [0, 0.05) is 7.05 Å². The van der Waals surface area contributed by atoms with Gasteiger partial charge in [0.15, 0.2) is 0 Å². The minimum absolute atomic E-state index is 1.03. The summed E-state index contributed by atoms with van der Waals surface area (Å²) in [5, 5.41) is 8.06. The monoisotopic (exact) mass is 243 g/mol. The van der Waals surface area contributed by atoms with Gasteiger partial charge in [-0.2, -0.15) is 0 Å². The maximum atomic E-state index is 4.09. The van der Waals surface area contributed by atoms with Crippen molar-refractivity contribution in [3.63, 3.8) is 0 Å². The lowest BCUT2D eigenvalue weighted by atomic mass is 10.2. The van der Waals surface area contributed by atoms with Crippen molar-refractivity contribution < 1.29 is 0 Å². The van der Waals surface area contributed by atoms with E-state index in [4.69, 9.17) is 0 Å². The molecule has 1 rings (SSSR count). The summed E-state index contributed by atoms with van der Waals surface area (Å²) in [6, 6.07) is 0. The summed E-state index contributed by atoms with van der Waals surface area (Å²) in [4.78, 5) is 0. The van der Waals surface area contributed by atoms with Crippen LogP contribution in [-0.2, 0) is 19.9 Å². The highest BCUT2D eigenvalue weighted by Gasteiger charge is 2.05. The summed E-state index contributed by atoms with van der Waals surface area (Å²) < 4.78 is 1.87. The minimum Gasteiger partial charge on any atom is -0.252 e. The fraction of sp³-hybridized carbons (Fsp3) is 0.857. The molecule has 0 fully saturated rings. The first kappa shape index (κ1) is 21.4. The highest BCUT2D eigenvalue weighted by atomic mass is 15.4. The average Bonchev–Trinajstić information content (AvgIpc) is 2.77. The number of nitrogens with zero attached hydrogens (tertiary/aromatic N) is 3. The molecule has 3 nitrogen and oxygen atoms in total. The van der Waals surface area contributed by atoms with E-state index < -0.39 is 0 Å². The van der Waals surface area contributed by atoms with Gasteiger partial charge in [-0.05, 0) is 12.8 Å². The van der Waals surface area contributed by atoms with E-state index in [0.717, 1.165) is 25.0 Å². The predicted molar refractivity (Wildman–Crippen MR) is 78.4 cm³/mol. The summed E-state index contributed by atoms with van der Waals surface area (Å²) >= 11 is 0. The molecule has 0 aliphatic rings. The van der Waals surface area contributed by atoms with Crippen molar-refractivity contribution in [2.45, 2.75) is 74.7 Å². The van der Waals surface area contributed by atoms with Gasteiger partial charge in [-0.1, -0.05) is 67.0 Å². The van der Waals surface area contributed by atoms with E-state index in [-0.39, 0.29) is 0 Å². The molecule has 17 heavy (non-hydrogen) atoms. The number of hydrogen-bond acceptors (Lipinski definition) is 2. The van der Waals surface area contributed by atoms with Gasteiger partial charge in [-0.25, -0.2) is 0 Å². The van der Waals surface area contributed by atoms with E-state index in [1.54, 1.807) is 0 Å². The molecule has 0 saturated heterocycles. The van der Waals surface area contributed by atoms with Crippen LogP contribution in [0.5, 0.6) is 0 Å². The molecule has 0 saturated carbocycles. The summed E-state index contributed by atoms with van der Waals surface area (Å²) in [6.45, 7) is 16.3. The normalized spacial score (nSPS) is 7.82. The molecule has 1 aromatic rings. The molecule has 0 atom stereocenters. The highest BCUT2D eigenvalue weighted by molar-refractivity contribution is 5.09. The van der Waals surface area contributed by atoms with E-state index in [1.165, 1.54) is 5.69 Å². The average molecular weight is 243 g/mol. The second kappa shape index (κ2) is 17.5. The van der Waals surface area contributed by atoms with Crippen LogP contribution in [-0.4, -0.2) is 15.0 Å². The molecule has 0 spiro atoms. The second-order valence-corrected chi connectivity index (χ2v) is 2.71. The first-order valence-corrected chi connectivity index (χ1v) is 7.17. The van der Waals surface area contributed by atoms with Crippen LogP contribution >= 0.6 is 0 Å². The van der Waals surface area contributed by atoms with Gasteiger partial charge in [-0.3, -0.25) is 4.68 Å². The van der Waals surface area contributed by atoms with Gasteiger partial charge in [0.05, 0.1) is 11.4 Å². The molecule has 1 aromatic heterocycles. The minimum atomic E-state index is 1.03. The maximum absolute atomic E-state index is 4.09. The van der Waals surface area contributed by atoms with Gasteiger partial charge in [-0.15, -0.1) is 5.10 Å². The smallest absolute Gasteiger partial charge is 0.0858 e. The number of aryl methyl sites for hydroxylation is 2. The Labute approximate surface area is 109 Å². The first-order chi connectivity index (χ1) is 8.29. The van der Waals surface area contributed by atoms with Crippen LogP contribution in [0, 0.1) is 0 Å². The fourth-order valence-electron chi connectivity index (χ4n) is 1.28. The third kappa shape index (κ3) is 8.90. The standard InChI is InChI=1S/C8H15N3.3C2H6/c1-4-6-7-8(5-2)11(3)10-9-7;3*1-2/h4-6H2,1-3H3;3*1-2H3. The molecule has 0 N–H and O–H groups in total. The van der Waals surface area contributed by atoms with E-state index in [2.05, 4.69) is 24.2 Å². The summed E-state index contributed by atoms with van der Waals surface area (Å²) in [6.07, 6.45) is 3.22. The Hall–Kier alpha value is -0.860. The van der Waals surface area contributed by atoms with Gasteiger partial charge in [0.1, 0.15) is 0 Å².